The number of ether oxygens (including phenoxy) is 1. The van der Waals surface area contributed by atoms with Gasteiger partial charge >= 0.3 is 0 Å². The highest BCUT2D eigenvalue weighted by molar-refractivity contribution is 7.89. The van der Waals surface area contributed by atoms with Gasteiger partial charge < -0.3 is 4.74 Å². The summed E-state index contributed by atoms with van der Waals surface area (Å²) in [4.78, 5) is 12.9. The Morgan fingerprint density at radius 1 is 1.17 bits per heavy atom. The highest BCUT2D eigenvalue weighted by Gasteiger charge is 2.43. The molecule has 132 valence electrons. The zero-order valence-electron chi connectivity index (χ0n) is 14.3. The summed E-state index contributed by atoms with van der Waals surface area (Å²) >= 11 is 0. The van der Waals surface area contributed by atoms with Crippen LogP contribution in [0, 0.1) is 6.92 Å². The summed E-state index contributed by atoms with van der Waals surface area (Å²) in [7, 11) is -1.78. The van der Waals surface area contributed by atoms with Gasteiger partial charge in [-0.3, -0.25) is 4.79 Å². The molecule has 0 amide bonds. The van der Waals surface area contributed by atoms with Gasteiger partial charge in [0.05, 0.1) is 18.4 Å². The van der Waals surface area contributed by atoms with E-state index in [0.29, 0.717) is 18.5 Å². The van der Waals surface area contributed by atoms with Crippen LogP contribution in [0.1, 0.15) is 54.4 Å². The molecule has 24 heavy (non-hydrogen) atoms. The van der Waals surface area contributed by atoms with E-state index in [9.17, 15) is 13.2 Å². The van der Waals surface area contributed by atoms with Crippen molar-refractivity contribution < 1.29 is 17.9 Å². The molecule has 1 heterocycles. The van der Waals surface area contributed by atoms with Gasteiger partial charge in [0.2, 0.25) is 10.0 Å². The van der Waals surface area contributed by atoms with Gasteiger partial charge in [0.1, 0.15) is 5.75 Å². The predicted octanol–water partition coefficient (Wildman–Crippen LogP) is 2.92. The van der Waals surface area contributed by atoms with Crippen LogP contribution in [0.25, 0.3) is 0 Å². The largest absolute Gasteiger partial charge is 0.496 e. The first kappa shape index (κ1) is 17.4. The number of ketones is 1. The molecule has 1 saturated heterocycles. The lowest BCUT2D eigenvalue weighted by molar-refractivity contribution is 0.0917. The molecule has 5 nitrogen and oxygen atoms in total. The maximum atomic E-state index is 12.9. The first-order chi connectivity index (χ1) is 11.4. The van der Waals surface area contributed by atoms with Crippen LogP contribution in [0.15, 0.2) is 18.2 Å². The van der Waals surface area contributed by atoms with Gasteiger partial charge in [-0.05, 0) is 56.4 Å². The van der Waals surface area contributed by atoms with Crippen molar-refractivity contribution in [1.29, 1.82) is 0 Å². The molecule has 0 N–H and O–H groups in total. The fourth-order valence-electron chi connectivity index (χ4n) is 3.91. The van der Waals surface area contributed by atoms with Crippen LogP contribution >= 0.6 is 0 Å². The van der Waals surface area contributed by atoms with E-state index in [1.165, 1.54) is 4.31 Å². The molecule has 0 aromatic heterocycles. The van der Waals surface area contributed by atoms with E-state index in [0.717, 1.165) is 43.4 Å². The molecule has 1 aromatic carbocycles. The van der Waals surface area contributed by atoms with Crippen molar-refractivity contribution in [3.8, 4) is 5.75 Å². The number of hydrogen-bond acceptors (Lipinski definition) is 4. The van der Waals surface area contributed by atoms with Crippen LogP contribution in [0.4, 0.5) is 0 Å². The number of carbonyl (C=O) groups is 1. The predicted molar refractivity (Wildman–Crippen MR) is 93.0 cm³/mol. The average molecular weight is 351 g/mol. The molecule has 0 bridgehead atoms. The third-order valence-electron chi connectivity index (χ3n) is 5.24. The lowest BCUT2D eigenvalue weighted by atomic mass is 10.0. The number of Topliss-reactive ketones (excluding diaryl/α,β-unsaturated/α-hetero) is 1. The fraction of sp³-hybridized carbons (Fsp3) is 0.611. The molecule has 1 aliphatic heterocycles. The highest BCUT2D eigenvalue weighted by atomic mass is 32.2. The minimum Gasteiger partial charge on any atom is -0.496 e. The summed E-state index contributed by atoms with van der Waals surface area (Å²) in [5.74, 6) is 0.633. The molecule has 1 unspecified atom stereocenters. The number of aryl methyl sites for hydroxylation is 1. The molecule has 1 saturated carbocycles. The summed E-state index contributed by atoms with van der Waals surface area (Å²) in [6.45, 7) is 2.35. The monoisotopic (exact) mass is 351 g/mol. The Kier molecular flexibility index (Phi) is 4.97. The van der Waals surface area contributed by atoms with Gasteiger partial charge in [-0.2, -0.15) is 4.31 Å². The number of rotatable bonds is 5. The number of methoxy groups -OCH3 is 1. The third kappa shape index (κ3) is 3.09. The van der Waals surface area contributed by atoms with Gasteiger partial charge in [0.25, 0.3) is 0 Å². The molecule has 0 radical (unpaired) electrons. The Morgan fingerprint density at radius 2 is 1.88 bits per heavy atom. The molecule has 1 atom stereocenters. The second-order valence-electron chi connectivity index (χ2n) is 6.77. The smallest absolute Gasteiger partial charge is 0.217 e. The minimum atomic E-state index is -3.38. The van der Waals surface area contributed by atoms with Gasteiger partial charge in [-0.25, -0.2) is 8.42 Å². The first-order valence-electron chi connectivity index (χ1n) is 8.64. The molecule has 2 fully saturated rings. The van der Waals surface area contributed by atoms with Crippen LogP contribution in [0.2, 0.25) is 0 Å². The van der Waals surface area contributed by atoms with Gasteiger partial charge in [-0.15, -0.1) is 0 Å². The zero-order chi connectivity index (χ0) is 17.3. The standard InChI is InChI=1S/C18H25NO4S/c1-13-12-14(9-10-17(13)23-2)18(20)16-8-5-11-19(16)24(21,22)15-6-3-4-7-15/h9-10,12,15-16H,3-8,11H2,1-2H3. The lowest BCUT2D eigenvalue weighted by Crippen LogP contribution is -2.44. The molecule has 1 aromatic rings. The van der Waals surface area contributed by atoms with Crippen molar-refractivity contribution in [2.75, 3.05) is 13.7 Å². The van der Waals surface area contributed by atoms with E-state index in [1.807, 2.05) is 6.92 Å². The van der Waals surface area contributed by atoms with E-state index in [4.69, 9.17) is 4.74 Å². The molecule has 2 aliphatic rings. The maximum absolute atomic E-state index is 12.9. The Labute approximate surface area is 144 Å². The van der Waals surface area contributed by atoms with E-state index in [1.54, 1.807) is 25.3 Å². The van der Waals surface area contributed by atoms with E-state index < -0.39 is 16.1 Å². The van der Waals surface area contributed by atoms with E-state index in [2.05, 4.69) is 0 Å². The minimum absolute atomic E-state index is 0.0974. The van der Waals surface area contributed by atoms with Crippen molar-refractivity contribution in [2.45, 2.75) is 56.7 Å². The van der Waals surface area contributed by atoms with Crippen molar-refractivity contribution >= 4 is 15.8 Å². The fourth-order valence-corrected chi connectivity index (χ4v) is 6.16. The van der Waals surface area contributed by atoms with Crippen molar-refractivity contribution in [2.24, 2.45) is 0 Å². The van der Waals surface area contributed by atoms with E-state index in [-0.39, 0.29) is 11.0 Å². The molecule has 1 aliphatic carbocycles. The number of hydrogen-bond donors (Lipinski definition) is 0. The van der Waals surface area contributed by atoms with Gasteiger partial charge in [-0.1, -0.05) is 12.8 Å². The van der Waals surface area contributed by atoms with Gasteiger partial charge in [0.15, 0.2) is 5.78 Å². The molecule has 3 rings (SSSR count). The Morgan fingerprint density at radius 3 is 2.50 bits per heavy atom. The SMILES string of the molecule is COc1ccc(C(=O)C2CCCN2S(=O)(=O)C2CCCC2)cc1C. The normalized spacial score (nSPS) is 22.8. The quantitative estimate of drug-likeness (QED) is 0.765. The summed E-state index contributed by atoms with van der Waals surface area (Å²) in [6.07, 6.45) is 4.73. The van der Waals surface area contributed by atoms with Crippen LogP contribution in [0.3, 0.4) is 0 Å². The van der Waals surface area contributed by atoms with Gasteiger partial charge in [0, 0.05) is 12.1 Å². The van der Waals surface area contributed by atoms with Crippen molar-refractivity contribution in [1.82, 2.24) is 4.31 Å². The second-order valence-corrected chi connectivity index (χ2v) is 8.93. The third-order valence-corrected chi connectivity index (χ3v) is 7.64. The van der Waals surface area contributed by atoms with Crippen LogP contribution in [-0.4, -0.2) is 43.5 Å². The lowest BCUT2D eigenvalue weighted by Gasteiger charge is -2.26. The Hall–Kier alpha value is -1.40. The van der Waals surface area contributed by atoms with Crippen molar-refractivity contribution in [3.05, 3.63) is 29.3 Å². The topological polar surface area (TPSA) is 63.7 Å². The molecule has 6 heteroatoms. The Balaban J connectivity index is 1.85. The summed E-state index contributed by atoms with van der Waals surface area (Å²) in [6, 6.07) is 4.74. The summed E-state index contributed by atoms with van der Waals surface area (Å²) in [5.41, 5.74) is 1.44. The summed E-state index contributed by atoms with van der Waals surface area (Å²) < 4.78 is 32.5. The number of benzene rings is 1. The second kappa shape index (κ2) is 6.84. The first-order valence-corrected chi connectivity index (χ1v) is 10.1. The number of sulfonamides is 1. The Bertz CT molecular complexity index is 723. The zero-order valence-corrected chi connectivity index (χ0v) is 15.1. The average Bonchev–Trinajstić information content (AvgIpc) is 3.25. The molecular formula is C18H25NO4S. The van der Waals surface area contributed by atoms with Crippen LogP contribution in [-0.2, 0) is 10.0 Å². The van der Waals surface area contributed by atoms with Crippen molar-refractivity contribution in [3.63, 3.8) is 0 Å². The molecule has 0 spiro atoms. The maximum Gasteiger partial charge on any atom is 0.217 e. The van der Waals surface area contributed by atoms with Crippen LogP contribution < -0.4 is 4.74 Å². The highest BCUT2D eigenvalue weighted by Crippen LogP contribution is 2.33. The van der Waals surface area contributed by atoms with Crippen LogP contribution in [0.5, 0.6) is 5.75 Å². The number of carbonyl (C=O) groups excluding carboxylic acids is 1. The molecular weight excluding hydrogens is 326 g/mol. The summed E-state index contributed by atoms with van der Waals surface area (Å²) in [5, 5.41) is -0.302. The number of nitrogens with zero attached hydrogens (tertiary/aromatic N) is 1. The van der Waals surface area contributed by atoms with E-state index >= 15 is 0 Å².